The number of hydrogen-bond acceptors (Lipinski definition) is 10. The smallest absolute Gasteiger partial charge is 0.314 e. The summed E-state index contributed by atoms with van der Waals surface area (Å²) in [7, 11) is -2.12. The molecule has 0 aliphatic carbocycles. The number of aliphatic imine (C=N–C) groups is 2. The summed E-state index contributed by atoms with van der Waals surface area (Å²) in [6.07, 6.45) is 5.16. The van der Waals surface area contributed by atoms with Crippen molar-refractivity contribution in [3.63, 3.8) is 0 Å². The molecule has 214 valence electrons. The predicted molar refractivity (Wildman–Crippen MR) is 152 cm³/mol. The molecule has 0 fully saturated rings. The van der Waals surface area contributed by atoms with E-state index in [-0.39, 0.29) is 19.2 Å². The van der Waals surface area contributed by atoms with Crippen LogP contribution in [0.3, 0.4) is 0 Å². The average molecular weight is 562 g/mol. The Balaban J connectivity index is 5.43. The molecule has 11 nitrogen and oxygen atoms in total. The molecule has 0 aromatic carbocycles. The molecule has 0 bridgehead atoms. The SMILES string of the molecule is C=C(N=CCCC(C)(N=CC)N(C)N(COCC[Si](C)(C)C)C(=N)S(C)(=O)=O)OCC(C)(C)C(=O)OC. The Morgan fingerprint density at radius 1 is 1.22 bits per heavy atom. The molecule has 0 amide bonds. The molecule has 0 radical (unpaired) electrons. The molecule has 0 aromatic heterocycles. The summed E-state index contributed by atoms with van der Waals surface area (Å²) in [4.78, 5) is 20.6. The van der Waals surface area contributed by atoms with E-state index in [1.807, 2.05) is 6.92 Å². The highest BCUT2D eigenvalue weighted by Gasteiger charge is 2.35. The van der Waals surface area contributed by atoms with E-state index in [1.165, 1.54) is 12.1 Å². The zero-order valence-corrected chi connectivity index (χ0v) is 26.1. The highest BCUT2D eigenvalue weighted by Crippen LogP contribution is 2.24. The Bertz CT molecular complexity index is 946. The first-order chi connectivity index (χ1) is 16.8. The van der Waals surface area contributed by atoms with Gasteiger partial charge in [0.05, 0.1) is 12.5 Å². The Kier molecular flexibility index (Phi) is 13.9. The van der Waals surface area contributed by atoms with Gasteiger partial charge in [0.25, 0.3) is 0 Å². The first kappa shape index (κ1) is 34.9. The van der Waals surface area contributed by atoms with Crippen molar-refractivity contribution in [2.24, 2.45) is 15.4 Å². The van der Waals surface area contributed by atoms with Crippen molar-refractivity contribution < 1.29 is 27.4 Å². The number of amidine groups is 1. The van der Waals surface area contributed by atoms with Gasteiger partial charge in [0, 0.05) is 34.2 Å². The van der Waals surface area contributed by atoms with Gasteiger partial charge in [-0.05, 0) is 59.4 Å². The van der Waals surface area contributed by atoms with Gasteiger partial charge < -0.3 is 14.2 Å². The second kappa shape index (κ2) is 14.7. The second-order valence-corrected chi connectivity index (χ2v) is 18.4. The molecule has 0 saturated carbocycles. The summed E-state index contributed by atoms with van der Waals surface area (Å²) >= 11 is 0. The number of esters is 1. The molecule has 0 spiro atoms. The van der Waals surface area contributed by atoms with Crippen LogP contribution in [0, 0.1) is 10.8 Å². The Hall–Kier alpha value is -2.09. The van der Waals surface area contributed by atoms with Crippen LogP contribution in [0.2, 0.25) is 25.7 Å². The maximum absolute atomic E-state index is 12.2. The minimum atomic E-state index is -3.79. The summed E-state index contributed by atoms with van der Waals surface area (Å²) in [5.74, 6) is -0.239. The van der Waals surface area contributed by atoms with Crippen LogP contribution in [-0.4, -0.2) is 96.1 Å². The number of nitrogens with zero attached hydrogens (tertiary/aromatic N) is 4. The zero-order chi connectivity index (χ0) is 29.1. The van der Waals surface area contributed by atoms with Gasteiger partial charge in [0.2, 0.25) is 20.9 Å². The molecule has 1 N–H and O–H groups in total. The Morgan fingerprint density at radius 3 is 2.30 bits per heavy atom. The fourth-order valence-corrected chi connectivity index (χ4v) is 4.31. The number of carbonyl (C=O) groups excluding carboxylic acids is 1. The highest BCUT2D eigenvalue weighted by atomic mass is 32.2. The van der Waals surface area contributed by atoms with Crippen LogP contribution >= 0.6 is 0 Å². The number of hydrogen-bond donors (Lipinski definition) is 1. The lowest BCUT2D eigenvalue weighted by Gasteiger charge is -2.42. The lowest BCUT2D eigenvalue weighted by molar-refractivity contribution is -0.153. The van der Waals surface area contributed by atoms with E-state index in [9.17, 15) is 13.2 Å². The van der Waals surface area contributed by atoms with Gasteiger partial charge in [0.1, 0.15) is 19.0 Å². The molecule has 1 unspecified atom stereocenters. The molecule has 1 atom stereocenters. The predicted octanol–water partition coefficient (Wildman–Crippen LogP) is 3.77. The van der Waals surface area contributed by atoms with Crippen LogP contribution in [0.1, 0.15) is 40.5 Å². The normalized spacial score (nSPS) is 14.7. The summed E-state index contributed by atoms with van der Waals surface area (Å²) in [6.45, 7) is 17.9. The van der Waals surface area contributed by atoms with Crippen molar-refractivity contribution in [1.82, 2.24) is 10.0 Å². The lowest BCUT2D eigenvalue weighted by atomic mass is 9.95. The van der Waals surface area contributed by atoms with Crippen LogP contribution < -0.4 is 0 Å². The van der Waals surface area contributed by atoms with Crippen molar-refractivity contribution >= 4 is 41.5 Å². The number of carbonyl (C=O) groups is 1. The number of nitrogens with one attached hydrogen (secondary N) is 1. The minimum Gasteiger partial charge on any atom is -0.477 e. The monoisotopic (exact) mass is 561 g/mol. The van der Waals surface area contributed by atoms with E-state index in [1.54, 1.807) is 45.3 Å². The van der Waals surface area contributed by atoms with Crippen molar-refractivity contribution in [3.05, 3.63) is 12.5 Å². The first-order valence-corrected chi connectivity index (χ1v) is 17.7. The maximum Gasteiger partial charge on any atom is 0.314 e. The van der Waals surface area contributed by atoms with Crippen LogP contribution in [-0.2, 0) is 28.8 Å². The molecule has 0 aromatic rings. The number of ether oxygens (including phenoxy) is 3. The third-order valence-corrected chi connectivity index (χ3v) is 8.20. The lowest BCUT2D eigenvalue weighted by Crippen LogP contribution is -2.57. The number of rotatable bonds is 16. The van der Waals surface area contributed by atoms with Crippen LogP contribution in [0.5, 0.6) is 0 Å². The van der Waals surface area contributed by atoms with Gasteiger partial charge in [-0.1, -0.05) is 19.6 Å². The topological polar surface area (TPSA) is 134 Å². The molecular weight excluding hydrogens is 514 g/mol. The first-order valence-electron chi connectivity index (χ1n) is 12.1. The third kappa shape index (κ3) is 12.8. The molecule has 0 aliphatic heterocycles. The molecule has 0 saturated heterocycles. The van der Waals surface area contributed by atoms with E-state index in [2.05, 4.69) is 36.2 Å². The summed E-state index contributed by atoms with van der Waals surface area (Å²) < 4.78 is 40.5. The van der Waals surface area contributed by atoms with Gasteiger partial charge in [-0.2, -0.15) is 5.01 Å². The largest absolute Gasteiger partial charge is 0.477 e. The van der Waals surface area contributed by atoms with E-state index in [0.717, 1.165) is 12.3 Å². The van der Waals surface area contributed by atoms with Crippen LogP contribution in [0.25, 0.3) is 0 Å². The second-order valence-electron chi connectivity index (χ2n) is 10.9. The van der Waals surface area contributed by atoms with Crippen molar-refractivity contribution in [2.75, 3.05) is 40.4 Å². The van der Waals surface area contributed by atoms with E-state index in [0.29, 0.717) is 19.4 Å². The molecule has 0 heterocycles. The van der Waals surface area contributed by atoms with Gasteiger partial charge in [0.15, 0.2) is 0 Å². The van der Waals surface area contributed by atoms with Crippen molar-refractivity contribution in [1.29, 1.82) is 5.41 Å². The van der Waals surface area contributed by atoms with Gasteiger partial charge >= 0.3 is 5.97 Å². The standard InChI is InChI=1S/C24H47N5O6SSi/c1-12-27-24(5,14-13-15-26-20(2)35-18-23(3,4)21(30)33-7)28(6)29(22(25)36(8,31)32)19-34-16-17-37(9,10)11/h12,15,25H,2,13-14,16-19H2,1,3-11H3. The number of sulfone groups is 1. The third-order valence-electron chi connectivity index (χ3n) is 5.58. The van der Waals surface area contributed by atoms with Gasteiger partial charge in [-0.25, -0.2) is 13.4 Å². The maximum atomic E-state index is 12.2. The van der Waals surface area contributed by atoms with Gasteiger partial charge in [-0.15, -0.1) is 0 Å². The number of hydrazine groups is 1. The molecular formula is C24H47N5O6SSi. The van der Waals surface area contributed by atoms with Crippen molar-refractivity contribution in [2.45, 2.75) is 71.9 Å². The fraction of sp³-hybridized carbons (Fsp3) is 0.750. The molecule has 0 rings (SSSR count). The molecule has 37 heavy (non-hydrogen) atoms. The fourth-order valence-electron chi connectivity index (χ4n) is 2.99. The average Bonchev–Trinajstić information content (AvgIpc) is 2.78. The zero-order valence-electron chi connectivity index (χ0n) is 24.3. The number of methoxy groups -OCH3 is 1. The highest BCUT2D eigenvalue weighted by molar-refractivity contribution is 8.05. The minimum absolute atomic E-state index is 0.0662. The summed E-state index contributed by atoms with van der Waals surface area (Å²) in [5, 5.41) is 10.6. The van der Waals surface area contributed by atoms with Crippen LogP contribution in [0.15, 0.2) is 22.4 Å². The summed E-state index contributed by atoms with van der Waals surface area (Å²) in [5.41, 5.74) is -1.73. The van der Waals surface area contributed by atoms with Gasteiger partial charge in [-0.3, -0.25) is 20.2 Å². The van der Waals surface area contributed by atoms with E-state index >= 15 is 0 Å². The van der Waals surface area contributed by atoms with Crippen molar-refractivity contribution in [3.8, 4) is 0 Å². The van der Waals surface area contributed by atoms with Crippen LogP contribution in [0.4, 0.5) is 0 Å². The molecule has 0 aliphatic rings. The van der Waals surface area contributed by atoms with E-state index < -0.39 is 40.1 Å². The Morgan fingerprint density at radius 2 is 1.81 bits per heavy atom. The quantitative estimate of drug-likeness (QED) is 0.0440. The van der Waals surface area contributed by atoms with E-state index in [4.69, 9.17) is 19.6 Å². The summed E-state index contributed by atoms with van der Waals surface area (Å²) in [6, 6.07) is 0.917. The molecule has 13 heteroatoms. The Labute approximate surface area is 224 Å².